The fourth-order valence-electron chi connectivity index (χ4n) is 2.21. The van der Waals surface area contributed by atoms with Crippen molar-refractivity contribution >= 4 is 23.9 Å². The number of aryl methyl sites for hydroxylation is 1. The number of benzene rings is 1. The smallest absolute Gasteiger partial charge is 0.277 e. The topological polar surface area (TPSA) is 113 Å². The van der Waals surface area contributed by atoms with Crippen molar-refractivity contribution in [3.8, 4) is 11.3 Å². The Bertz CT molecular complexity index is 732. The molecule has 2 aromatic rings. The van der Waals surface area contributed by atoms with Crippen LogP contribution in [0.4, 0.5) is 0 Å². The van der Waals surface area contributed by atoms with Crippen LogP contribution < -0.4 is 10.3 Å². The molecule has 2 atom stereocenters. The highest BCUT2D eigenvalue weighted by Gasteiger charge is 2.33. The highest BCUT2D eigenvalue weighted by atomic mass is 32.2. The van der Waals surface area contributed by atoms with Crippen LogP contribution in [0.25, 0.3) is 11.3 Å². The maximum absolute atomic E-state index is 12.5. The summed E-state index contributed by atoms with van der Waals surface area (Å²) in [5.74, 6) is 0.0555. The van der Waals surface area contributed by atoms with Crippen molar-refractivity contribution in [3.63, 3.8) is 0 Å². The molecule has 1 aliphatic rings. The summed E-state index contributed by atoms with van der Waals surface area (Å²) in [5.41, 5.74) is 1.11. The second-order valence-electron chi connectivity index (χ2n) is 4.86. The number of nitrogens with zero attached hydrogens (tertiary/aromatic N) is 2. The molecule has 23 heavy (non-hydrogen) atoms. The molecule has 0 aliphatic carbocycles. The van der Waals surface area contributed by atoms with E-state index in [9.17, 15) is 4.79 Å². The third kappa shape index (κ3) is 3.27. The van der Waals surface area contributed by atoms with E-state index in [0.29, 0.717) is 17.0 Å². The average Bonchev–Trinajstić information content (AvgIpc) is 3.15. The van der Waals surface area contributed by atoms with E-state index in [4.69, 9.17) is 14.9 Å². The van der Waals surface area contributed by atoms with E-state index in [2.05, 4.69) is 15.5 Å². The van der Waals surface area contributed by atoms with Gasteiger partial charge in [0.05, 0.1) is 0 Å². The fraction of sp³-hybridized carbons (Fsp3) is 0.214. The molecule has 2 heterocycles. The van der Waals surface area contributed by atoms with Gasteiger partial charge in [0.2, 0.25) is 0 Å². The van der Waals surface area contributed by atoms with Crippen molar-refractivity contribution in [1.82, 2.24) is 15.7 Å². The molecule has 0 saturated carbocycles. The lowest BCUT2D eigenvalue weighted by Crippen LogP contribution is -2.77. The minimum atomic E-state index is -0.669. The van der Waals surface area contributed by atoms with Crippen LogP contribution in [0.2, 0.25) is 0 Å². The van der Waals surface area contributed by atoms with Gasteiger partial charge in [-0.15, -0.1) is 0 Å². The Labute approximate surface area is 135 Å². The molecule has 0 bridgehead atoms. The van der Waals surface area contributed by atoms with Crippen molar-refractivity contribution in [3.05, 3.63) is 41.7 Å². The Morgan fingerprint density at radius 2 is 2.13 bits per heavy atom. The number of hydroxylamine groups is 2. The van der Waals surface area contributed by atoms with Crippen LogP contribution in [0, 0.1) is 6.92 Å². The molecule has 4 N–H and O–H groups in total. The second-order valence-corrected chi connectivity index (χ2v) is 6.09. The summed E-state index contributed by atoms with van der Waals surface area (Å²) in [6.07, 6.45) is 1.47. The number of amides is 1. The van der Waals surface area contributed by atoms with Gasteiger partial charge in [-0.25, -0.2) is 4.99 Å². The third-order valence-corrected chi connectivity index (χ3v) is 4.42. The van der Waals surface area contributed by atoms with E-state index in [1.165, 1.54) is 6.21 Å². The van der Waals surface area contributed by atoms with E-state index in [1.807, 2.05) is 30.3 Å². The summed E-state index contributed by atoms with van der Waals surface area (Å²) in [7, 11) is 0. The monoisotopic (exact) mass is 335 g/mol. The van der Waals surface area contributed by atoms with Gasteiger partial charge in [-0.3, -0.25) is 20.5 Å². The molecule has 0 radical (unpaired) electrons. The van der Waals surface area contributed by atoms with Gasteiger partial charge in [-0.1, -0.05) is 35.5 Å². The van der Waals surface area contributed by atoms with Gasteiger partial charge in [-0.05, 0) is 23.9 Å². The van der Waals surface area contributed by atoms with Crippen LogP contribution in [0.5, 0.6) is 0 Å². The second kappa shape index (κ2) is 6.50. The first kappa shape index (κ1) is 15.7. The summed E-state index contributed by atoms with van der Waals surface area (Å²) in [5, 5.41) is 24.1. The van der Waals surface area contributed by atoms with E-state index < -0.39 is 10.9 Å². The molecule has 0 unspecified atom stereocenters. The first-order chi connectivity index (χ1) is 11.1. The lowest BCUT2D eigenvalue weighted by Gasteiger charge is -2.10. The summed E-state index contributed by atoms with van der Waals surface area (Å²) < 4.78 is 5.16. The molecule has 3 rings (SSSR count). The number of hydrogen-bond acceptors (Lipinski definition) is 7. The molecule has 9 heteroatoms. The van der Waals surface area contributed by atoms with Crippen LogP contribution in [-0.2, 0) is 0 Å². The van der Waals surface area contributed by atoms with Crippen molar-refractivity contribution in [1.29, 1.82) is 0 Å². The molecule has 8 nitrogen and oxygen atoms in total. The van der Waals surface area contributed by atoms with Gasteiger partial charge in [0, 0.05) is 5.56 Å². The first-order valence-corrected chi connectivity index (χ1v) is 7.75. The van der Waals surface area contributed by atoms with Gasteiger partial charge >= 0.3 is 0 Å². The van der Waals surface area contributed by atoms with Gasteiger partial charge in [-0.2, -0.15) is 0 Å². The lowest BCUT2D eigenvalue weighted by molar-refractivity contribution is -0.470. The number of thioether (sulfide) groups is 1. The zero-order valence-electron chi connectivity index (χ0n) is 12.1. The standard InChI is InChI=1S/C14H14N4O4S/c1-8-11(12(17-22-8)9-5-3-2-4-6-9)13(19)16-14-15-7-10(23-14)18(20)21/h2-7,10,14,20-21H,1H3,(H,16,19)/p+1/t10-,14-/m1/s1. The summed E-state index contributed by atoms with van der Waals surface area (Å²) in [6.45, 7) is 1.67. The Hall–Kier alpha value is -2.20. The predicted octanol–water partition coefficient (Wildman–Crippen LogP) is -0.0319. The number of nitrogens with one attached hydrogen (secondary N) is 2. The molecule has 1 amide bonds. The Balaban J connectivity index is 1.79. The van der Waals surface area contributed by atoms with Crippen LogP contribution in [0.3, 0.4) is 0 Å². The van der Waals surface area contributed by atoms with Crippen LogP contribution >= 0.6 is 11.8 Å². The molecule has 0 saturated heterocycles. The molecular weight excluding hydrogens is 320 g/mol. The summed E-state index contributed by atoms with van der Waals surface area (Å²) in [4.78, 5) is 15.4. The van der Waals surface area contributed by atoms with Gasteiger partial charge < -0.3 is 4.52 Å². The molecule has 1 aromatic heterocycles. The fourth-order valence-corrected chi connectivity index (χ4v) is 3.09. The van der Waals surface area contributed by atoms with Gasteiger partial charge in [0.1, 0.15) is 17.0 Å². The summed E-state index contributed by atoms with van der Waals surface area (Å²) in [6, 6.07) is 9.27. The zero-order chi connectivity index (χ0) is 16.4. The van der Waals surface area contributed by atoms with E-state index in [-0.39, 0.29) is 11.1 Å². The normalized spacial score (nSPS) is 20.2. The van der Waals surface area contributed by atoms with Crippen LogP contribution in [0.15, 0.2) is 34.9 Å². The lowest BCUT2D eigenvalue weighted by atomic mass is 10.1. The van der Waals surface area contributed by atoms with E-state index in [0.717, 1.165) is 17.3 Å². The maximum Gasteiger partial charge on any atom is 0.277 e. The molecule has 1 aliphatic heterocycles. The summed E-state index contributed by atoms with van der Waals surface area (Å²) >= 11 is 1.13. The van der Waals surface area contributed by atoms with E-state index >= 15 is 0 Å². The Morgan fingerprint density at radius 1 is 1.39 bits per heavy atom. The largest absolute Gasteiger partial charge is 0.360 e. The number of hydrogen-bond donors (Lipinski definition) is 4. The van der Waals surface area contributed by atoms with Crippen molar-refractivity contribution in [2.24, 2.45) is 0 Å². The van der Waals surface area contributed by atoms with Crippen molar-refractivity contribution in [2.45, 2.75) is 17.8 Å². The quantitative estimate of drug-likeness (QED) is 0.580. The molecular formula is C14H15N4O4S+. The highest BCUT2D eigenvalue weighted by molar-refractivity contribution is 8.01. The number of carbonyl (C=O) groups excluding carboxylic acids is 1. The molecule has 0 spiro atoms. The third-order valence-electron chi connectivity index (χ3n) is 3.29. The highest BCUT2D eigenvalue weighted by Crippen LogP contribution is 2.25. The minimum Gasteiger partial charge on any atom is -0.360 e. The van der Waals surface area contributed by atoms with Crippen LogP contribution in [0.1, 0.15) is 16.1 Å². The Kier molecular flexibility index (Phi) is 4.44. The maximum atomic E-state index is 12.5. The van der Waals surface area contributed by atoms with Crippen molar-refractivity contribution in [2.75, 3.05) is 0 Å². The van der Waals surface area contributed by atoms with E-state index in [1.54, 1.807) is 6.92 Å². The predicted molar refractivity (Wildman–Crippen MR) is 81.7 cm³/mol. The van der Waals surface area contributed by atoms with Gasteiger partial charge in [0.15, 0.2) is 11.6 Å². The number of rotatable bonds is 4. The van der Waals surface area contributed by atoms with Crippen molar-refractivity contribution < 1.29 is 24.7 Å². The van der Waals surface area contributed by atoms with Gasteiger partial charge in [0.25, 0.3) is 11.4 Å². The minimum absolute atomic E-state index is 0.0733. The Morgan fingerprint density at radius 3 is 2.78 bits per heavy atom. The molecule has 1 aromatic carbocycles. The zero-order valence-corrected chi connectivity index (χ0v) is 12.9. The molecule has 0 fully saturated rings. The number of aromatic nitrogens is 1. The molecule has 120 valence electrons. The average molecular weight is 335 g/mol. The first-order valence-electron chi connectivity index (χ1n) is 6.80. The number of carbonyl (C=O) groups is 1. The van der Waals surface area contributed by atoms with Crippen LogP contribution in [-0.4, -0.2) is 43.8 Å². The SMILES string of the molecule is Cc1onc(-c2ccccc2)c1C(=O)N[C@H]1[NH+]=C[C@H](N(O)O)S1.